The van der Waals surface area contributed by atoms with Crippen molar-refractivity contribution in [2.75, 3.05) is 6.54 Å². The summed E-state index contributed by atoms with van der Waals surface area (Å²) in [5, 5.41) is 11.6. The summed E-state index contributed by atoms with van der Waals surface area (Å²) in [4.78, 5) is 16.6. The molecule has 47 heavy (non-hydrogen) atoms. The molecule has 7 nitrogen and oxygen atoms in total. The summed E-state index contributed by atoms with van der Waals surface area (Å²) in [5.41, 5.74) is 9.64. The minimum absolute atomic E-state index is 0.0405. The Balaban J connectivity index is 1.65. The van der Waals surface area contributed by atoms with Gasteiger partial charge in [0.15, 0.2) is 0 Å². The highest BCUT2D eigenvalue weighted by atomic mass is 32.2. The first-order chi connectivity index (χ1) is 22.5. The van der Waals surface area contributed by atoms with E-state index in [1.165, 1.54) is 16.8 Å². The van der Waals surface area contributed by atoms with E-state index in [0.717, 1.165) is 34.1 Å². The molecule has 0 aromatic heterocycles. The highest BCUT2D eigenvalue weighted by Crippen LogP contribution is 2.51. The summed E-state index contributed by atoms with van der Waals surface area (Å²) in [7, 11) is -3.15. The maximum atomic E-state index is 15.2. The zero-order valence-corrected chi connectivity index (χ0v) is 28.6. The number of thioether (sulfide) groups is 1. The van der Waals surface area contributed by atoms with Crippen LogP contribution in [0.3, 0.4) is 0 Å². The summed E-state index contributed by atoms with van der Waals surface area (Å²) in [6.07, 6.45) is -0.251. The van der Waals surface area contributed by atoms with Gasteiger partial charge in [-0.1, -0.05) is 129 Å². The number of halogens is 2. The van der Waals surface area contributed by atoms with Crippen LogP contribution in [0.5, 0.6) is 0 Å². The molecule has 1 heterocycles. The van der Waals surface area contributed by atoms with Crippen molar-refractivity contribution < 1.29 is 18.0 Å². The SMILES string of the molecule is C[C@H](O[Si](c1ccccc1)(c1ccccc1)C(C)(C)C)C(=O)N1N=C(c2cc(F)ccc2F)S[C@]1(CCCN=[N+]=[N-])c1ccccc1. The largest absolute Gasteiger partial charge is 0.396 e. The second-order valence-corrected chi connectivity index (χ2v) is 17.9. The molecule has 0 N–H and O–H groups in total. The van der Waals surface area contributed by atoms with Crippen LogP contribution in [0.15, 0.2) is 119 Å². The Morgan fingerprint density at radius 2 is 1.55 bits per heavy atom. The van der Waals surface area contributed by atoms with Crippen molar-refractivity contribution in [3.8, 4) is 0 Å². The number of hydrazone groups is 1. The molecule has 4 aromatic carbocycles. The monoisotopic (exact) mass is 669 g/mol. The van der Waals surface area contributed by atoms with Gasteiger partial charge in [0.05, 0.1) is 0 Å². The maximum Gasteiger partial charge on any atom is 0.271 e. The van der Waals surface area contributed by atoms with E-state index in [0.29, 0.717) is 12.8 Å². The summed E-state index contributed by atoms with van der Waals surface area (Å²) < 4.78 is 36.8. The van der Waals surface area contributed by atoms with Crippen LogP contribution in [0.1, 0.15) is 51.7 Å². The summed E-state index contributed by atoms with van der Waals surface area (Å²) in [6.45, 7) is 8.32. The van der Waals surface area contributed by atoms with Gasteiger partial charge in [-0.2, -0.15) is 5.10 Å². The number of carbonyl (C=O) groups excluding carboxylic acids is 1. The van der Waals surface area contributed by atoms with Gasteiger partial charge in [-0.15, -0.1) is 0 Å². The van der Waals surface area contributed by atoms with Crippen LogP contribution in [0.25, 0.3) is 10.4 Å². The normalized spacial score (nSPS) is 17.1. The summed E-state index contributed by atoms with van der Waals surface area (Å²) >= 11 is 1.18. The first-order valence-electron chi connectivity index (χ1n) is 15.5. The van der Waals surface area contributed by atoms with Crippen molar-refractivity contribution in [1.29, 1.82) is 0 Å². The molecule has 0 radical (unpaired) electrons. The predicted molar refractivity (Wildman–Crippen MR) is 187 cm³/mol. The Morgan fingerprint density at radius 1 is 0.979 bits per heavy atom. The average molecular weight is 670 g/mol. The van der Waals surface area contributed by atoms with Gasteiger partial charge < -0.3 is 4.43 Å². The molecule has 1 aliphatic heterocycles. The Hall–Kier alpha value is -4.28. The molecular formula is C36H37F2N5O2SSi. The number of hydrogen-bond donors (Lipinski definition) is 0. The number of azide groups is 1. The van der Waals surface area contributed by atoms with Crippen molar-refractivity contribution in [3.63, 3.8) is 0 Å². The van der Waals surface area contributed by atoms with Gasteiger partial charge in [-0.05, 0) is 64.5 Å². The van der Waals surface area contributed by atoms with Crippen LogP contribution in [-0.4, -0.2) is 36.9 Å². The second kappa shape index (κ2) is 14.2. The number of hydrogen-bond acceptors (Lipinski definition) is 5. The third kappa shape index (κ3) is 6.75. The van der Waals surface area contributed by atoms with Gasteiger partial charge in [-0.25, -0.2) is 13.8 Å². The number of carbonyl (C=O) groups is 1. The maximum absolute atomic E-state index is 15.2. The lowest BCUT2D eigenvalue weighted by Gasteiger charge is -2.45. The standard InChI is InChI=1S/C36H37F2N5O2SSi/c1-26(45-47(35(2,3)4,29-17-10-6-11-18-29)30-19-12-7-13-20-30)34(44)43-36(23-14-24-40-42-39,27-15-8-5-9-16-27)46-33(41-43)31-25-28(37)21-22-32(31)38/h5-13,15-22,25-26H,14,23-24H2,1-4H3/t26-,36+/m0/s1. The average Bonchev–Trinajstić information content (AvgIpc) is 3.47. The second-order valence-electron chi connectivity index (χ2n) is 12.4. The van der Waals surface area contributed by atoms with Gasteiger partial charge >= 0.3 is 0 Å². The van der Waals surface area contributed by atoms with E-state index in [4.69, 9.17) is 15.1 Å². The van der Waals surface area contributed by atoms with Gasteiger partial charge in [0.2, 0.25) is 0 Å². The highest BCUT2D eigenvalue weighted by Gasteiger charge is 2.54. The fourth-order valence-electron chi connectivity index (χ4n) is 6.19. The predicted octanol–water partition coefficient (Wildman–Crippen LogP) is 8.11. The lowest BCUT2D eigenvalue weighted by molar-refractivity contribution is -0.142. The Morgan fingerprint density at radius 3 is 2.11 bits per heavy atom. The third-order valence-corrected chi connectivity index (χ3v) is 14.9. The molecule has 0 fully saturated rings. The van der Waals surface area contributed by atoms with E-state index in [-0.39, 0.29) is 17.2 Å². The van der Waals surface area contributed by atoms with Crippen molar-refractivity contribution in [1.82, 2.24) is 5.01 Å². The first kappa shape index (κ1) is 34.1. The van der Waals surface area contributed by atoms with E-state index in [9.17, 15) is 9.18 Å². The minimum Gasteiger partial charge on any atom is -0.396 e. The van der Waals surface area contributed by atoms with Crippen LogP contribution in [-0.2, 0) is 14.1 Å². The van der Waals surface area contributed by atoms with Gasteiger partial charge in [0.25, 0.3) is 14.2 Å². The molecule has 0 unspecified atom stereocenters. The molecular weight excluding hydrogens is 633 g/mol. The van der Waals surface area contributed by atoms with Crippen LogP contribution in [0.4, 0.5) is 8.78 Å². The quantitative estimate of drug-likeness (QED) is 0.0531. The fourth-order valence-corrected chi connectivity index (χ4v) is 12.3. The smallest absolute Gasteiger partial charge is 0.271 e. The zero-order chi connectivity index (χ0) is 33.7. The molecule has 5 rings (SSSR count). The number of benzene rings is 4. The Labute approximate surface area is 279 Å². The van der Waals surface area contributed by atoms with Gasteiger partial charge in [0, 0.05) is 17.0 Å². The van der Waals surface area contributed by atoms with Crippen molar-refractivity contribution in [3.05, 3.63) is 142 Å². The molecule has 1 aliphatic rings. The third-order valence-electron chi connectivity index (χ3n) is 8.35. The number of amides is 1. The highest BCUT2D eigenvalue weighted by molar-refractivity contribution is 8.15. The molecule has 1 amide bonds. The molecule has 242 valence electrons. The van der Waals surface area contributed by atoms with E-state index in [1.54, 1.807) is 6.92 Å². The lowest BCUT2D eigenvalue weighted by Crippen LogP contribution is -2.68. The van der Waals surface area contributed by atoms with Crippen LogP contribution in [0, 0.1) is 11.6 Å². The Bertz CT molecular complexity index is 1740. The molecule has 4 aromatic rings. The zero-order valence-electron chi connectivity index (χ0n) is 26.8. The first-order valence-corrected chi connectivity index (χ1v) is 18.2. The summed E-state index contributed by atoms with van der Waals surface area (Å²) in [6, 6.07) is 32.6. The van der Waals surface area contributed by atoms with E-state index < -0.39 is 41.9 Å². The van der Waals surface area contributed by atoms with Gasteiger partial charge in [-0.3, -0.25) is 4.79 Å². The number of nitrogens with zero attached hydrogens (tertiary/aromatic N) is 5. The lowest BCUT2D eigenvalue weighted by atomic mass is 10.00. The molecule has 0 saturated heterocycles. The van der Waals surface area contributed by atoms with Crippen LogP contribution in [0.2, 0.25) is 5.04 Å². The van der Waals surface area contributed by atoms with E-state index in [1.807, 2.05) is 66.7 Å². The fraction of sp³-hybridized carbons (Fsp3) is 0.278. The molecule has 0 spiro atoms. The molecule has 0 bridgehead atoms. The van der Waals surface area contributed by atoms with Crippen LogP contribution < -0.4 is 10.4 Å². The Kier molecular flexibility index (Phi) is 10.3. The minimum atomic E-state index is -3.15. The van der Waals surface area contributed by atoms with Crippen molar-refractivity contribution >= 4 is 41.4 Å². The summed E-state index contributed by atoms with van der Waals surface area (Å²) in [5.74, 6) is -1.70. The van der Waals surface area contributed by atoms with E-state index >= 15 is 4.39 Å². The van der Waals surface area contributed by atoms with Crippen molar-refractivity contribution in [2.24, 2.45) is 10.2 Å². The topological polar surface area (TPSA) is 90.7 Å². The molecule has 2 atom stereocenters. The van der Waals surface area contributed by atoms with Crippen molar-refractivity contribution in [2.45, 2.75) is 56.5 Å². The van der Waals surface area contributed by atoms with Crippen LogP contribution >= 0.6 is 11.8 Å². The van der Waals surface area contributed by atoms with Gasteiger partial charge in [0.1, 0.15) is 27.7 Å². The molecule has 11 heteroatoms. The molecule has 0 aliphatic carbocycles. The van der Waals surface area contributed by atoms with E-state index in [2.05, 4.69) is 55.1 Å². The molecule has 0 saturated carbocycles. The number of rotatable bonds is 11.